The zero-order valence-electron chi connectivity index (χ0n) is 11.2. The predicted octanol–water partition coefficient (Wildman–Crippen LogP) is 1.82. The number of rotatable bonds is 4. The Balaban J connectivity index is 2.15. The number of aromatic nitrogens is 1. The molecule has 0 spiro atoms. The van der Waals surface area contributed by atoms with Crippen molar-refractivity contribution in [1.29, 1.82) is 0 Å². The van der Waals surface area contributed by atoms with Gasteiger partial charge < -0.3 is 10.2 Å². The second-order valence-corrected chi connectivity index (χ2v) is 4.89. The third-order valence-electron chi connectivity index (χ3n) is 3.39. The minimum absolute atomic E-state index is 0.123. The van der Waals surface area contributed by atoms with Crippen molar-refractivity contribution < 1.29 is 9.18 Å². The van der Waals surface area contributed by atoms with E-state index in [1.54, 1.807) is 0 Å². The van der Waals surface area contributed by atoms with Gasteiger partial charge in [0.05, 0.1) is 11.8 Å². The quantitative estimate of drug-likeness (QED) is 0.903. The van der Waals surface area contributed by atoms with Crippen LogP contribution in [0.5, 0.6) is 0 Å². The Morgan fingerprint density at radius 2 is 2.42 bits per heavy atom. The highest BCUT2D eigenvalue weighted by molar-refractivity contribution is 5.94. The van der Waals surface area contributed by atoms with Gasteiger partial charge in [0.2, 0.25) is 0 Å². The van der Waals surface area contributed by atoms with E-state index in [1.807, 2.05) is 11.8 Å². The maximum absolute atomic E-state index is 13.2. The number of nitrogens with zero attached hydrogens (tertiary/aromatic N) is 2. The smallest absolute Gasteiger partial charge is 0.255 e. The molecule has 0 aromatic carbocycles. The molecule has 1 saturated heterocycles. The number of amides is 1. The lowest BCUT2D eigenvalue weighted by Crippen LogP contribution is -2.49. The SMILES string of the molecule is CCCN(C(=O)c1cncc(F)c1)C1CCCNC1. The van der Waals surface area contributed by atoms with E-state index in [1.165, 1.54) is 12.3 Å². The molecule has 1 N–H and O–H groups in total. The number of hydrogen-bond donors (Lipinski definition) is 1. The van der Waals surface area contributed by atoms with Crippen molar-refractivity contribution in [1.82, 2.24) is 15.2 Å². The van der Waals surface area contributed by atoms with Crippen LogP contribution in [-0.4, -0.2) is 41.5 Å². The van der Waals surface area contributed by atoms with E-state index < -0.39 is 5.82 Å². The van der Waals surface area contributed by atoms with Crippen molar-refractivity contribution in [2.75, 3.05) is 19.6 Å². The van der Waals surface area contributed by atoms with E-state index in [0.29, 0.717) is 12.1 Å². The van der Waals surface area contributed by atoms with Gasteiger partial charge in [0.1, 0.15) is 5.82 Å². The molecule has 104 valence electrons. The van der Waals surface area contributed by atoms with Gasteiger partial charge in [-0.25, -0.2) is 4.39 Å². The molecule has 1 unspecified atom stereocenters. The Morgan fingerprint density at radius 1 is 1.58 bits per heavy atom. The minimum atomic E-state index is -0.468. The van der Waals surface area contributed by atoms with Crippen LogP contribution in [-0.2, 0) is 0 Å². The van der Waals surface area contributed by atoms with Crippen molar-refractivity contribution in [3.8, 4) is 0 Å². The first-order chi connectivity index (χ1) is 9.22. The van der Waals surface area contributed by atoms with Crippen LogP contribution in [0.25, 0.3) is 0 Å². The molecule has 1 aliphatic heterocycles. The van der Waals surface area contributed by atoms with Gasteiger partial charge in [-0.05, 0) is 31.9 Å². The number of carbonyl (C=O) groups excluding carboxylic acids is 1. The first kappa shape index (κ1) is 13.9. The number of nitrogens with one attached hydrogen (secondary N) is 1. The van der Waals surface area contributed by atoms with Crippen LogP contribution in [0, 0.1) is 5.82 Å². The summed E-state index contributed by atoms with van der Waals surface area (Å²) in [5.74, 6) is -0.591. The molecule has 0 saturated carbocycles. The zero-order chi connectivity index (χ0) is 13.7. The summed E-state index contributed by atoms with van der Waals surface area (Å²) in [5.41, 5.74) is 0.332. The van der Waals surface area contributed by atoms with Gasteiger partial charge in [-0.15, -0.1) is 0 Å². The molecule has 1 aliphatic rings. The summed E-state index contributed by atoms with van der Waals surface area (Å²) in [7, 11) is 0. The molecule has 1 aromatic heterocycles. The average molecular weight is 265 g/mol. The lowest BCUT2D eigenvalue weighted by atomic mass is 10.0. The normalized spacial score (nSPS) is 19.2. The second-order valence-electron chi connectivity index (χ2n) is 4.89. The first-order valence-electron chi connectivity index (χ1n) is 6.84. The Hall–Kier alpha value is -1.49. The fraction of sp³-hybridized carbons (Fsp3) is 0.571. The van der Waals surface area contributed by atoms with Crippen LogP contribution in [0.1, 0.15) is 36.5 Å². The summed E-state index contributed by atoms with van der Waals surface area (Å²) in [6.07, 6.45) is 5.51. The molecule has 1 fully saturated rings. The van der Waals surface area contributed by atoms with Crippen molar-refractivity contribution in [2.45, 2.75) is 32.2 Å². The van der Waals surface area contributed by atoms with Gasteiger partial charge in [0.25, 0.3) is 5.91 Å². The van der Waals surface area contributed by atoms with E-state index in [9.17, 15) is 9.18 Å². The van der Waals surface area contributed by atoms with Crippen LogP contribution >= 0.6 is 0 Å². The van der Waals surface area contributed by atoms with Gasteiger partial charge in [0, 0.05) is 25.3 Å². The van der Waals surface area contributed by atoms with Gasteiger partial charge >= 0.3 is 0 Å². The number of hydrogen-bond acceptors (Lipinski definition) is 3. The molecular weight excluding hydrogens is 245 g/mol. The van der Waals surface area contributed by atoms with Crippen molar-refractivity contribution in [2.24, 2.45) is 0 Å². The minimum Gasteiger partial charge on any atom is -0.334 e. The third-order valence-corrected chi connectivity index (χ3v) is 3.39. The molecule has 2 rings (SSSR count). The topological polar surface area (TPSA) is 45.2 Å². The molecule has 19 heavy (non-hydrogen) atoms. The predicted molar refractivity (Wildman–Crippen MR) is 71.4 cm³/mol. The Labute approximate surface area is 113 Å². The van der Waals surface area contributed by atoms with Crippen LogP contribution in [0.3, 0.4) is 0 Å². The summed E-state index contributed by atoms with van der Waals surface area (Å²) in [6.45, 7) is 4.56. The first-order valence-corrected chi connectivity index (χ1v) is 6.84. The number of pyridine rings is 1. The molecule has 1 atom stereocenters. The van der Waals surface area contributed by atoms with Crippen molar-refractivity contribution in [3.63, 3.8) is 0 Å². The van der Waals surface area contributed by atoms with E-state index in [-0.39, 0.29) is 11.9 Å². The molecule has 0 bridgehead atoms. The lowest BCUT2D eigenvalue weighted by Gasteiger charge is -2.34. The number of halogens is 1. The van der Waals surface area contributed by atoms with Crippen LogP contribution in [0.15, 0.2) is 18.5 Å². The molecule has 1 amide bonds. The zero-order valence-corrected chi connectivity index (χ0v) is 11.2. The van der Waals surface area contributed by atoms with E-state index in [0.717, 1.165) is 38.5 Å². The van der Waals surface area contributed by atoms with Crippen LogP contribution in [0.4, 0.5) is 4.39 Å². The van der Waals surface area contributed by atoms with Crippen LogP contribution < -0.4 is 5.32 Å². The molecule has 4 nitrogen and oxygen atoms in total. The largest absolute Gasteiger partial charge is 0.334 e. The summed E-state index contributed by atoms with van der Waals surface area (Å²) < 4.78 is 13.2. The Bertz CT molecular complexity index is 432. The monoisotopic (exact) mass is 265 g/mol. The van der Waals surface area contributed by atoms with Gasteiger partial charge in [0.15, 0.2) is 0 Å². The second kappa shape index (κ2) is 6.61. The molecule has 0 radical (unpaired) electrons. The molecule has 5 heteroatoms. The maximum atomic E-state index is 13.2. The molecule has 1 aromatic rings. The standard InChI is InChI=1S/C14H20FN3O/c1-2-6-18(13-4-3-5-16-10-13)14(19)11-7-12(15)9-17-8-11/h7-9,13,16H,2-6,10H2,1H3. The van der Waals surface area contributed by atoms with Gasteiger partial charge in [-0.3, -0.25) is 9.78 Å². The Kier molecular flexibility index (Phi) is 4.85. The maximum Gasteiger partial charge on any atom is 0.255 e. The fourth-order valence-corrected chi connectivity index (χ4v) is 2.48. The lowest BCUT2D eigenvalue weighted by molar-refractivity contribution is 0.0648. The number of piperidine rings is 1. The molecular formula is C14H20FN3O. The third kappa shape index (κ3) is 3.50. The van der Waals surface area contributed by atoms with Gasteiger partial charge in [-0.2, -0.15) is 0 Å². The highest BCUT2D eigenvalue weighted by Gasteiger charge is 2.25. The highest BCUT2D eigenvalue weighted by atomic mass is 19.1. The van der Waals surface area contributed by atoms with Crippen molar-refractivity contribution >= 4 is 5.91 Å². The van der Waals surface area contributed by atoms with Crippen LogP contribution in [0.2, 0.25) is 0 Å². The molecule has 2 heterocycles. The molecule has 0 aliphatic carbocycles. The Morgan fingerprint density at radius 3 is 3.05 bits per heavy atom. The van der Waals surface area contributed by atoms with E-state index >= 15 is 0 Å². The number of carbonyl (C=O) groups is 1. The fourth-order valence-electron chi connectivity index (χ4n) is 2.48. The highest BCUT2D eigenvalue weighted by Crippen LogP contribution is 2.15. The van der Waals surface area contributed by atoms with E-state index in [4.69, 9.17) is 0 Å². The van der Waals surface area contributed by atoms with Gasteiger partial charge in [-0.1, -0.05) is 6.92 Å². The summed E-state index contributed by atoms with van der Waals surface area (Å²) in [4.78, 5) is 18.1. The summed E-state index contributed by atoms with van der Waals surface area (Å²) in [6, 6.07) is 1.46. The van der Waals surface area contributed by atoms with Crippen molar-refractivity contribution in [3.05, 3.63) is 29.8 Å². The summed E-state index contributed by atoms with van der Waals surface area (Å²) >= 11 is 0. The summed E-state index contributed by atoms with van der Waals surface area (Å²) in [5, 5.41) is 3.31. The van der Waals surface area contributed by atoms with E-state index in [2.05, 4.69) is 10.3 Å². The average Bonchev–Trinajstić information content (AvgIpc) is 2.45.